The zero-order chi connectivity index (χ0) is 21.1. The predicted octanol–water partition coefficient (Wildman–Crippen LogP) is 3.79. The molecule has 0 saturated carbocycles. The summed E-state index contributed by atoms with van der Waals surface area (Å²) in [6.07, 6.45) is 5.26. The van der Waals surface area contributed by atoms with Crippen LogP contribution in [0.1, 0.15) is 77.5 Å². The molecule has 0 spiro atoms. The number of carbonyl (C=O) groups excluding carboxylic acids is 2. The third-order valence-corrected chi connectivity index (χ3v) is 5.01. The second-order valence-electron chi connectivity index (χ2n) is 9.70. The lowest BCUT2D eigenvalue weighted by Gasteiger charge is -2.27. The Hall–Kier alpha value is -2.30. The van der Waals surface area contributed by atoms with Gasteiger partial charge in [0.2, 0.25) is 11.8 Å². The summed E-state index contributed by atoms with van der Waals surface area (Å²) < 4.78 is 0. The molecule has 1 aromatic carbocycles. The fourth-order valence-corrected chi connectivity index (χ4v) is 3.42. The quantitative estimate of drug-likeness (QED) is 0.692. The van der Waals surface area contributed by atoms with Crippen molar-refractivity contribution in [3.05, 3.63) is 34.9 Å². The number of amides is 2. The van der Waals surface area contributed by atoms with Gasteiger partial charge in [0.1, 0.15) is 5.75 Å². The molecule has 1 aliphatic heterocycles. The van der Waals surface area contributed by atoms with E-state index in [1.54, 1.807) is 6.08 Å². The van der Waals surface area contributed by atoms with Gasteiger partial charge in [-0.1, -0.05) is 41.5 Å². The second-order valence-corrected chi connectivity index (χ2v) is 9.70. The predicted molar refractivity (Wildman–Crippen MR) is 113 cm³/mol. The Morgan fingerprint density at radius 3 is 2.25 bits per heavy atom. The molecule has 1 fully saturated rings. The Morgan fingerprint density at radius 1 is 1.14 bits per heavy atom. The van der Waals surface area contributed by atoms with Gasteiger partial charge in [0.15, 0.2) is 0 Å². The van der Waals surface area contributed by atoms with Gasteiger partial charge in [0.05, 0.1) is 0 Å². The SMILES string of the molecule is CC(C)(C)c1cc(C=CC(=O)NC2CCCNC(=O)C2)cc(C(C)(C)C)c1O. The Labute approximate surface area is 168 Å². The molecule has 3 N–H and O–H groups in total. The average Bonchev–Trinajstić information content (AvgIpc) is 2.75. The summed E-state index contributed by atoms with van der Waals surface area (Å²) in [6.45, 7) is 13.0. The number of aromatic hydroxyl groups is 1. The third kappa shape index (κ3) is 5.85. The summed E-state index contributed by atoms with van der Waals surface area (Å²) in [7, 11) is 0. The number of benzene rings is 1. The Bertz CT molecular complexity index is 732. The van der Waals surface area contributed by atoms with Gasteiger partial charge in [0, 0.05) is 36.2 Å². The molecule has 1 heterocycles. The van der Waals surface area contributed by atoms with Gasteiger partial charge in [0.25, 0.3) is 0 Å². The zero-order valence-corrected chi connectivity index (χ0v) is 18.0. The number of phenolic OH excluding ortho intramolecular Hbond substituents is 1. The largest absolute Gasteiger partial charge is 0.507 e. The minimum Gasteiger partial charge on any atom is -0.507 e. The third-order valence-electron chi connectivity index (χ3n) is 5.01. The minimum absolute atomic E-state index is 0.0186. The molecule has 154 valence electrons. The van der Waals surface area contributed by atoms with Crippen molar-refractivity contribution in [3.8, 4) is 5.75 Å². The minimum atomic E-state index is -0.218. The van der Waals surface area contributed by atoms with Crippen LogP contribution in [0.3, 0.4) is 0 Å². The molecule has 28 heavy (non-hydrogen) atoms. The van der Waals surface area contributed by atoms with Gasteiger partial charge in [-0.3, -0.25) is 9.59 Å². The molecule has 5 nitrogen and oxygen atoms in total. The van der Waals surface area contributed by atoms with Gasteiger partial charge >= 0.3 is 0 Å². The molecule has 0 aliphatic carbocycles. The molecule has 1 aliphatic rings. The van der Waals surface area contributed by atoms with E-state index in [0.717, 1.165) is 29.5 Å². The summed E-state index contributed by atoms with van der Waals surface area (Å²) >= 11 is 0. The van der Waals surface area contributed by atoms with Crippen LogP contribution in [0.2, 0.25) is 0 Å². The topological polar surface area (TPSA) is 78.4 Å². The molecule has 1 aromatic rings. The van der Waals surface area contributed by atoms with Crippen LogP contribution in [0.25, 0.3) is 6.08 Å². The number of rotatable bonds is 3. The number of hydrogen-bond acceptors (Lipinski definition) is 3. The maximum absolute atomic E-state index is 12.4. The Morgan fingerprint density at radius 2 is 1.71 bits per heavy atom. The molecule has 0 radical (unpaired) electrons. The molecular weight excluding hydrogens is 352 g/mol. The van der Waals surface area contributed by atoms with Gasteiger partial charge < -0.3 is 15.7 Å². The molecule has 2 rings (SSSR count). The fraction of sp³-hybridized carbons (Fsp3) is 0.565. The van der Waals surface area contributed by atoms with Crippen LogP contribution >= 0.6 is 0 Å². The molecule has 0 aromatic heterocycles. The summed E-state index contributed by atoms with van der Waals surface area (Å²) in [6, 6.07) is 3.75. The van der Waals surface area contributed by atoms with Crippen LogP contribution in [-0.4, -0.2) is 29.5 Å². The van der Waals surface area contributed by atoms with E-state index < -0.39 is 0 Å². The highest BCUT2D eigenvalue weighted by Crippen LogP contribution is 2.39. The van der Waals surface area contributed by atoms with Crippen molar-refractivity contribution in [3.63, 3.8) is 0 Å². The van der Waals surface area contributed by atoms with E-state index in [1.165, 1.54) is 6.08 Å². The van der Waals surface area contributed by atoms with Crippen molar-refractivity contribution in [1.82, 2.24) is 10.6 Å². The average molecular weight is 387 g/mol. The smallest absolute Gasteiger partial charge is 0.244 e. The van der Waals surface area contributed by atoms with E-state index in [2.05, 4.69) is 52.2 Å². The first-order chi connectivity index (χ1) is 12.9. The van der Waals surface area contributed by atoms with Crippen molar-refractivity contribution in [2.75, 3.05) is 6.54 Å². The lowest BCUT2D eigenvalue weighted by molar-refractivity contribution is -0.121. The Balaban J connectivity index is 2.24. The van der Waals surface area contributed by atoms with Crippen LogP contribution in [0.4, 0.5) is 0 Å². The molecule has 5 heteroatoms. The maximum Gasteiger partial charge on any atom is 0.244 e. The lowest BCUT2D eigenvalue weighted by Crippen LogP contribution is -2.35. The fourth-order valence-electron chi connectivity index (χ4n) is 3.42. The van der Waals surface area contributed by atoms with Crippen LogP contribution in [-0.2, 0) is 20.4 Å². The normalized spacial score (nSPS) is 18.6. The summed E-state index contributed by atoms with van der Waals surface area (Å²) in [5, 5.41) is 16.5. The van der Waals surface area contributed by atoms with Gasteiger partial charge in [-0.05, 0) is 47.4 Å². The highest BCUT2D eigenvalue weighted by molar-refractivity contribution is 5.92. The number of hydrogen-bond donors (Lipinski definition) is 3. The van der Waals surface area contributed by atoms with Crippen LogP contribution < -0.4 is 10.6 Å². The van der Waals surface area contributed by atoms with Crippen molar-refractivity contribution < 1.29 is 14.7 Å². The maximum atomic E-state index is 12.4. The standard InChI is InChI=1S/C23H34N2O3/c1-22(2,3)17-12-15(13-18(21(17)28)23(4,5)6)9-10-19(26)25-16-8-7-11-24-20(27)14-16/h9-10,12-13,16,28H,7-8,11,14H2,1-6H3,(H,24,27)(H,25,26). The highest BCUT2D eigenvalue weighted by atomic mass is 16.3. The lowest BCUT2D eigenvalue weighted by atomic mass is 9.78. The monoisotopic (exact) mass is 386 g/mol. The first kappa shape index (κ1) is 22.0. The molecule has 2 amide bonds. The van der Waals surface area contributed by atoms with Crippen molar-refractivity contribution in [1.29, 1.82) is 0 Å². The van der Waals surface area contributed by atoms with E-state index in [4.69, 9.17) is 0 Å². The number of phenols is 1. The van der Waals surface area contributed by atoms with Gasteiger partial charge in [-0.25, -0.2) is 0 Å². The van der Waals surface area contributed by atoms with Crippen LogP contribution in [0.5, 0.6) is 5.75 Å². The van der Waals surface area contributed by atoms with Crippen molar-refractivity contribution in [2.24, 2.45) is 0 Å². The van der Waals surface area contributed by atoms with E-state index in [0.29, 0.717) is 18.7 Å². The number of carbonyl (C=O) groups is 2. The summed E-state index contributed by atoms with van der Waals surface area (Å²) in [4.78, 5) is 24.0. The first-order valence-electron chi connectivity index (χ1n) is 10.0. The second kappa shape index (κ2) is 8.38. The van der Waals surface area contributed by atoms with E-state index in [9.17, 15) is 14.7 Å². The van der Waals surface area contributed by atoms with Gasteiger partial charge in [-0.2, -0.15) is 0 Å². The van der Waals surface area contributed by atoms with Crippen LogP contribution in [0.15, 0.2) is 18.2 Å². The summed E-state index contributed by atoms with van der Waals surface area (Å²) in [5.41, 5.74) is 2.16. The van der Waals surface area contributed by atoms with Crippen LogP contribution in [0, 0.1) is 0 Å². The molecule has 1 atom stereocenters. The zero-order valence-electron chi connectivity index (χ0n) is 18.0. The highest BCUT2D eigenvalue weighted by Gasteiger charge is 2.26. The summed E-state index contributed by atoms with van der Waals surface area (Å²) in [5.74, 6) is 0.100. The molecule has 1 unspecified atom stereocenters. The van der Waals surface area contributed by atoms with Gasteiger partial charge in [-0.15, -0.1) is 0 Å². The van der Waals surface area contributed by atoms with E-state index in [-0.39, 0.29) is 28.7 Å². The van der Waals surface area contributed by atoms with E-state index in [1.807, 2.05) is 12.1 Å². The molecular formula is C23H34N2O3. The molecule has 0 bridgehead atoms. The molecule has 1 saturated heterocycles. The number of nitrogens with one attached hydrogen (secondary N) is 2. The van der Waals surface area contributed by atoms with Crippen molar-refractivity contribution >= 4 is 17.9 Å². The van der Waals surface area contributed by atoms with Crippen molar-refractivity contribution in [2.45, 2.75) is 77.7 Å². The first-order valence-corrected chi connectivity index (χ1v) is 10.0. The van der Waals surface area contributed by atoms with E-state index >= 15 is 0 Å². The Kier molecular flexibility index (Phi) is 6.58.